The molecule has 19 heteroatoms. The van der Waals surface area contributed by atoms with E-state index < -0.39 is 69.0 Å². The molecule has 0 aliphatic heterocycles. The maximum atomic E-state index is 13.6. The molecule has 0 aliphatic carbocycles. The van der Waals surface area contributed by atoms with E-state index in [1.54, 1.807) is 0 Å². The lowest BCUT2D eigenvalue weighted by Gasteiger charge is -2.36. The van der Waals surface area contributed by atoms with E-state index in [0.29, 0.717) is 0 Å². The first-order valence-electron chi connectivity index (χ1n) is 6.68. The fourth-order valence-corrected chi connectivity index (χ4v) is 3.66. The van der Waals surface area contributed by atoms with Gasteiger partial charge in [-0.25, -0.2) is 8.42 Å². The highest BCUT2D eigenvalue weighted by atomic mass is 127. The Hall–Kier alpha value is -1.09. The average Bonchev–Trinajstić information content (AvgIpc) is 2.52. The van der Waals surface area contributed by atoms with Gasteiger partial charge in [-0.15, -0.1) is 0 Å². The normalized spacial score (nSPS) is 14.7. The third kappa shape index (κ3) is 6.46. The average molecular weight is 620 g/mol. The number of hydrogen-bond acceptors (Lipinski definition) is 3. The van der Waals surface area contributed by atoms with Crippen molar-refractivity contribution in [2.45, 2.75) is 33.8 Å². The van der Waals surface area contributed by atoms with E-state index in [1.807, 2.05) is 0 Å². The molecule has 1 rings (SSSR count). The maximum Gasteiger partial charge on any atom is 0.516 e. The molecule has 31 heavy (non-hydrogen) atoms. The topological polar surface area (TPSA) is 77.4 Å². The van der Waals surface area contributed by atoms with E-state index in [9.17, 15) is 57.1 Å². The van der Waals surface area contributed by atoms with Gasteiger partial charge in [0.15, 0.2) is 3.57 Å². The van der Waals surface area contributed by atoms with E-state index >= 15 is 0 Å². The fourth-order valence-electron chi connectivity index (χ4n) is 1.42. The lowest BCUT2D eigenvalue weighted by Crippen LogP contribution is -3.68. The van der Waals surface area contributed by atoms with Crippen molar-refractivity contribution in [3.63, 3.8) is 0 Å². The van der Waals surface area contributed by atoms with E-state index in [4.69, 9.17) is 17.5 Å². The second-order valence-electron chi connectivity index (χ2n) is 5.11. The van der Waals surface area contributed by atoms with Crippen molar-refractivity contribution in [2.24, 2.45) is 0 Å². The van der Waals surface area contributed by atoms with Crippen molar-refractivity contribution in [3.8, 4) is 0 Å². The van der Waals surface area contributed by atoms with Crippen LogP contribution in [0.1, 0.15) is 0 Å². The molecule has 0 spiro atoms. The molecule has 0 bridgehead atoms. The minimum absolute atomic E-state index is 0.669. The molecule has 182 valence electrons. The highest BCUT2D eigenvalue weighted by Gasteiger charge is 2.93. The van der Waals surface area contributed by atoms with Crippen LogP contribution in [0, 0.1) is 3.57 Å². The third-order valence-corrected chi connectivity index (χ3v) is 5.55. The molecule has 4 nitrogen and oxygen atoms in total. The van der Waals surface area contributed by atoms with Crippen LogP contribution in [-0.4, -0.2) is 51.3 Å². The van der Waals surface area contributed by atoms with Crippen molar-refractivity contribution in [2.75, 3.05) is 0 Å². The van der Waals surface area contributed by atoms with Crippen LogP contribution in [0.3, 0.4) is 0 Å². The zero-order valence-corrected chi connectivity index (χ0v) is 16.7. The van der Waals surface area contributed by atoms with Crippen LogP contribution in [0.25, 0.3) is 0 Å². The van der Waals surface area contributed by atoms with E-state index in [-0.39, 0.29) is 0 Å². The van der Waals surface area contributed by atoms with Gasteiger partial charge in [0.2, 0.25) is 10.4 Å². The van der Waals surface area contributed by atoms with Crippen LogP contribution in [0.15, 0.2) is 30.3 Å². The SMILES string of the molecule is FC(F)(F)C(F)(F)C(F)(F)C(F)(F)C(F)(F)C(F)(F)[I+]c1ccccc1.O=S(=O)([O-])O. The number of alkyl halides is 14. The predicted molar refractivity (Wildman–Crippen MR) is 68.3 cm³/mol. The Balaban J connectivity index is 0.00000161. The van der Waals surface area contributed by atoms with Crippen LogP contribution in [0.2, 0.25) is 0 Å². The minimum Gasteiger partial charge on any atom is -0.726 e. The molecule has 0 amide bonds. The van der Waals surface area contributed by atoms with Gasteiger partial charge < -0.3 is 4.55 Å². The highest BCUT2D eigenvalue weighted by molar-refractivity contribution is 7.79. The lowest BCUT2D eigenvalue weighted by atomic mass is 9.98. The monoisotopic (exact) mass is 620 g/mol. The summed E-state index contributed by atoms with van der Waals surface area (Å²) in [6.07, 6.45) is -7.39. The molecule has 0 heterocycles. The summed E-state index contributed by atoms with van der Waals surface area (Å²) in [5.41, 5.74) is 0. The Morgan fingerprint density at radius 1 is 0.677 bits per heavy atom. The molecular formula is C12H6F13IO4S. The van der Waals surface area contributed by atoms with Crippen molar-refractivity contribution < 1.29 is 95.8 Å². The van der Waals surface area contributed by atoms with E-state index in [1.165, 1.54) is 6.07 Å². The Labute approximate surface area is 174 Å². The number of hydrogen-bond donors (Lipinski definition) is 1. The molecule has 0 radical (unpaired) electrons. The summed E-state index contributed by atoms with van der Waals surface area (Å²) in [7, 11) is -4.92. The van der Waals surface area contributed by atoms with Gasteiger partial charge in [-0.05, 0) is 12.1 Å². The number of benzene rings is 1. The van der Waals surface area contributed by atoms with Gasteiger partial charge in [-0.2, -0.15) is 57.1 Å². The van der Waals surface area contributed by atoms with Crippen LogP contribution in [-0.2, 0) is 10.4 Å². The molecule has 1 aromatic rings. The van der Waals surface area contributed by atoms with Gasteiger partial charge in [-0.1, -0.05) is 18.2 Å². The standard InChI is InChI=1S/C12H5F13I.H2O4S/c13-7(14,9(17,18)11(21,22)23)8(15,16)10(19,20)12(24,25)26-6-4-2-1-3-5-6;1-5(2,3)4/h1-5H;(H2,1,2,3,4)/q+1;/p-1. The zero-order chi connectivity index (χ0) is 25.3. The smallest absolute Gasteiger partial charge is 0.516 e. The summed E-state index contributed by atoms with van der Waals surface area (Å²) >= 11 is -3.51. The molecule has 0 unspecified atom stereocenters. The second-order valence-corrected chi connectivity index (χ2v) is 9.11. The Bertz CT molecular complexity index is 832. The van der Waals surface area contributed by atoms with Crippen molar-refractivity contribution >= 4 is 10.4 Å². The summed E-state index contributed by atoms with van der Waals surface area (Å²) in [5, 5.41) is 0. The first-order valence-corrected chi connectivity index (χ1v) is 10.2. The molecule has 1 aromatic carbocycles. The van der Waals surface area contributed by atoms with Crippen molar-refractivity contribution in [1.29, 1.82) is 0 Å². The van der Waals surface area contributed by atoms with Crippen LogP contribution in [0.5, 0.6) is 0 Å². The minimum atomic E-state index is -7.84. The second kappa shape index (κ2) is 9.04. The van der Waals surface area contributed by atoms with Crippen molar-refractivity contribution in [1.82, 2.24) is 0 Å². The van der Waals surface area contributed by atoms with Crippen LogP contribution >= 0.6 is 0 Å². The predicted octanol–water partition coefficient (Wildman–Crippen LogP) is 1.65. The molecule has 1 N–H and O–H groups in total. The first kappa shape index (κ1) is 29.9. The van der Waals surface area contributed by atoms with E-state index in [0.717, 1.165) is 24.3 Å². The Kier molecular flexibility index (Phi) is 8.72. The van der Waals surface area contributed by atoms with E-state index in [2.05, 4.69) is 0 Å². The molecule has 0 saturated heterocycles. The third-order valence-electron chi connectivity index (χ3n) is 2.86. The molecular weight excluding hydrogens is 614 g/mol. The van der Waals surface area contributed by atoms with Gasteiger partial charge in [0.05, 0.1) is 0 Å². The van der Waals surface area contributed by atoms with Crippen LogP contribution < -0.4 is 21.2 Å². The summed E-state index contributed by atoms with van der Waals surface area (Å²) in [6, 6.07) is 4.72. The summed E-state index contributed by atoms with van der Waals surface area (Å²) in [5.74, 6) is -30.4. The van der Waals surface area contributed by atoms with Crippen LogP contribution in [0.4, 0.5) is 57.1 Å². The van der Waals surface area contributed by atoms with Gasteiger partial charge in [0, 0.05) is 0 Å². The zero-order valence-electron chi connectivity index (χ0n) is 13.8. The quantitative estimate of drug-likeness (QED) is 0.173. The Morgan fingerprint density at radius 2 is 1.00 bits per heavy atom. The molecule has 0 aromatic heterocycles. The Morgan fingerprint density at radius 3 is 1.32 bits per heavy atom. The largest absolute Gasteiger partial charge is 0.726 e. The van der Waals surface area contributed by atoms with Crippen molar-refractivity contribution in [3.05, 3.63) is 33.9 Å². The fraction of sp³-hybridized carbons (Fsp3) is 0.500. The van der Waals surface area contributed by atoms with Gasteiger partial charge in [-0.3, -0.25) is 4.55 Å². The molecule has 0 fully saturated rings. The molecule has 0 atom stereocenters. The first-order chi connectivity index (χ1) is 13.3. The number of halogens is 14. The highest BCUT2D eigenvalue weighted by Crippen LogP contribution is 2.59. The molecule has 0 aliphatic rings. The van der Waals surface area contributed by atoms with Gasteiger partial charge in [0.1, 0.15) is 0 Å². The van der Waals surface area contributed by atoms with Gasteiger partial charge in [0.25, 0.3) is 0 Å². The summed E-state index contributed by atoms with van der Waals surface area (Å²) < 4.78 is 194. The summed E-state index contributed by atoms with van der Waals surface area (Å²) in [4.78, 5) is 0. The molecule has 0 saturated carbocycles. The number of rotatable bonds is 6. The van der Waals surface area contributed by atoms with Gasteiger partial charge >= 0.3 is 55.0 Å². The summed E-state index contributed by atoms with van der Waals surface area (Å²) in [6.45, 7) is 0. The lowest BCUT2D eigenvalue weighted by molar-refractivity contribution is -0.790. The maximum absolute atomic E-state index is 13.6.